The molecule has 0 aliphatic carbocycles. The van der Waals surface area contributed by atoms with Gasteiger partial charge in [-0.2, -0.15) is 10.5 Å². The predicted octanol–water partition coefficient (Wildman–Crippen LogP) is 3.50. The van der Waals surface area contributed by atoms with Crippen LogP contribution in [0.15, 0.2) is 54.6 Å². The van der Waals surface area contributed by atoms with E-state index in [2.05, 4.69) is 20.8 Å². The zero-order valence-corrected chi connectivity index (χ0v) is 50.5. The Morgan fingerprint density at radius 1 is 0.667 bits per heavy atom. The summed E-state index contributed by atoms with van der Waals surface area (Å²) < 4.78 is 65.6. The van der Waals surface area contributed by atoms with Gasteiger partial charge in [0.25, 0.3) is 6.47 Å². The molecule has 3 aromatic rings. The van der Waals surface area contributed by atoms with Gasteiger partial charge in [-0.05, 0) is 134 Å². The van der Waals surface area contributed by atoms with E-state index in [9.17, 15) is 27.6 Å². The minimum Gasteiger partial charge on any atom is -1.00 e. The van der Waals surface area contributed by atoms with Crippen LogP contribution in [-0.2, 0) is 44.8 Å². The normalized spacial score (nSPS) is 10.5. The average Bonchev–Trinajstić information content (AvgIpc) is 3.13. The standard InChI is InChI=1S/C15H22FNO3.C15H18FNO3.C8H15BrO2.C7H4FNO.CH2O3.CH4.ClH.2K.H/c2*1-14(2,3)20-13(18)15(4,5)19-11-7-6-10(9-17)12(16)8-11;1-7(2,3)11-6(10)8(4,5)9;8-7-3-6(10)2-1-5(7)4-9;2-1-4-3;;;;;/h6-8H,9,17H2,1-5H3;6-8H,1-5H3;1-5H3;1-3,10H;1,3H;1H4;1H;;;/q;;;;;;;2*+1;-1/p-1. The fourth-order valence-corrected chi connectivity index (χ4v) is 3.96. The molecule has 3 N–H and O–H groups in total. The van der Waals surface area contributed by atoms with Crippen molar-refractivity contribution in [2.75, 3.05) is 0 Å². The van der Waals surface area contributed by atoms with Gasteiger partial charge in [0.1, 0.15) is 68.0 Å². The molecule has 0 aliphatic rings. The number of carbonyl (C=O) groups is 4. The number of carbonyl (C=O) groups excluding carboxylic acids is 4. The molecule has 3 rings (SSSR count). The number of alkyl halides is 1. The molecule has 0 amide bonds. The third kappa shape index (κ3) is 35.4. The van der Waals surface area contributed by atoms with Crippen molar-refractivity contribution in [1.29, 1.82) is 10.5 Å². The molecule has 0 saturated heterocycles. The SMILES string of the molecule is C.CC(C)(C)OC(=O)C(C)(C)Br.CC(C)(C)OC(=O)C(C)(C)Oc1ccc(C#N)c(F)c1.CC(C)(C)OC(=O)C(C)(C)Oc1ccc(CN)c(F)c1.Cl.N#Cc1ccc(O)cc1F.O=CO[O-].[H-].[K+].[K+]. The fourth-order valence-electron chi connectivity index (χ4n) is 3.88. The van der Waals surface area contributed by atoms with Gasteiger partial charge in [0.15, 0.2) is 11.2 Å². The zero-order chi connectivity index (χ0) is 51.4. The van der Waals surface area contributed by atoms with Gasteiger partial charge in [-0.3, -0.25) is 9.59 Å². The number of benzene rings is 3. The second-order valence-corrected chi connectivity index (χ2v) is 19.9. The number of aromatic hydroxyl groups is 1. The summed E-state index contributed by atoms with van der Waals surface area (Å²) in [5, 5.41) is 34.0. The molecule has 0 fully saturated rings. The number of nitrogens with zero attached hydrogens (tertiary/aromatic N) is 2. The Bertz CT molecular complexity index is 2150. The van der Waals surface area contributed by atoms with Crippen LogP contribution in [0.25, 0.3) is 0 Å². The number of hydrogen-bond donors (Lipinski definition) is 2. The van der Waals surface area contributed by atoms with Gasteiger partial charge in [-0.1, -0.05) is 29.4 Å². The Morgan fingerprint density at radius 2 is 0.986 bits per heavy atom. The Kier molecular flexibility index (Phi) is 39.5. The number of hydrogen-bond acceptors (Lipinski definition) is 15. The monoisotopic (exact) mass is 1110 g/mol. The number of esters is 3. The van der Waals surface area contributed by atoms with E-state index in [-0.39, 0.29) is 171 Å². The molecule has 0 aliphatic heterocycles. The third-order valence-electron chi connectivity index (χ3n) is 6.83. The zero-order valence-electron chi connectivity index (χ0n) is 42.8. The molecule has 378 valence electrons. The Hall–Kier alpha value is -2.33. The van der Waals surface area contributed by atoms with Crippen molar-refractivity contribution in [1.82, 2.24) is 0 Å². The molecule has 3 aromatic carbocycles. The third-order valence-corrected chi connectivity index (χ3v) is 7.15. The van der Waals surface area contributed by atoms with E-state index in [0.29, 0.717) is 5.56 Å². The van der Waals surface area contributed by atoms with E-state index in [4.69, 9.17) is 55.1 Å². The van der Waals surface area contributed by atoms with E-state index in [1.165, 1.54) is 50.2 Å². The second-order valence-electron chi connectivity index (χ2n) is 17.9. The number of nitriles is 2. The molecule has 22 heteroatoms. The van der Waals surface area contributed by atoms with Crippen LogP contribution in [0.4, 0.5) is 13.2 Å². The summed E-state index contributed by atoms with van der Waals surface area (Å²) in [6.45, 7) is 25.8. The van der Waals surface area contributed by atoms with Crippen molar-refractivity contribution in [3.05, 3.63) is 88.7 Å². The number of ether oxygens (including phenoxy) is 5. The summed E-state index contributed by atoms with van der Waals surface area (Å²) in [6, 6.07) is 14.9. The van der Waals surface area contributed by atoms with Crippen molar-refractivity contribution >= 4 is 52.7 Å². The number of halogens is 5. The van der Waals surface area contributed by atoms with E-state index in [1.54, 1.807) is 87.4 Å². The van der Waals surface area contributed by atoms with Crippen LogP contribution in [-0.4, -0.2) is 61.8 Å². The van der Waals surface area contributed by atoms with Crippen LogP contribution in [0.2, 0.25) is 0 Å². The molecule has 0 saturated carbocycles. The summed E-state index contributed by atoms with van der Waals surface area (Å²) >= 11 is 3.22. The Balaban J connectivity index is -0.000000149. The van der Waals surface area contributed by atoms with E-state index in [0.717, 1.165) is 12.1 Å². The topological polar surface area (TPSA) is 241 Å². The first-order chi connectivity index (χ1) is 29.4. The van der Waals surface area contributed by atoms with Gasteiger partial charge >= 0.3 is 121 Å². The molecule has 0 radical (unpaired) electrons. The Morgan fingerprint density at radius 3 is 1.25 bits per heavy atom. The van der Waals surface area contributed by atoms with Crippen LogP contribution < -0.4 is 123 Å². The molecule has 0 heterocycles. The van der Waals surface area contributed by atoms with Crippen molar-refractivity contribution in [3.63, 3.8) is 0 Å². The van der Waals surface area contributed by atoms with Crippen molar-refractivity contribution in [3.8, 4) is 29.4 Å². The average molecular weight is 1120 g/mol. The fraction of sp³-hybridized carbons (Fsp3) is 0.489. The quantitative estimate of drug-likeness (QED) is 0.0593. The van der Waals surface area contributed by atoms with Gasteiger partial charge in [0, 0.05) is 30.3 Å². The molecule has 0 unspecified atom stereocenters. The number of phenols is 1. The molecule has 69 heavy (non-hydrogen) atoms. The second kappa shape index (κ2) is 34.9. The maximum Gasteiger partial charge on any atom is 1.00 e. The first kappa shape index (κ1) is 78.1. The van der Waals surface area contributed by atoms with E-state index >= 15 is 0 Å². The summed E-state index contributed by atoms with van der Waals surface area (Å²) in [4.78, 5) is 46.5. The molecular formula is C47H66BrClF3K2N3O12. The van der Waals surface area contributed by atoms with Gasteiger partial charge in [-0.25, -0.2) is 22.8 Å². The van der Waals surface area contributed by atoms with Crippen LogP contribution in [0.5, 0.6) is 17.2 Å². The van der Waals surface area contributed by atoms with Crippen molar-refractivity contribution < 1.29 is 175 Å². The molecular weight excluding hydrogens is 1050 g/mol. The van der Waals surface area contributed by atoms with E-state index < -0.39 is 61.7 Å². The Labute approximate surface area is 506 Å². The van der Waals surface area contributed by atoms with Crippen LogP contribution >= 0.6 is 28.3 Å². The number of rotatable bonds is 9. The predicted molar refractivity (Wildman–Crippen MR) is 250 cm³/mol. The smallest absolute Gasteiger partial charge is 1.00 e. The van der Waals surface area contributed by atoms with Crippen LogP contribution in [0.1, 0.15) is 129 Å². The molecule has 0 spiro atoms. The summed E-state index contributed by atoms with van der Waals surface area (Å²) in [5.74, 6) is -2.87. The minimum absolute atomic E-state index is 0. The van der Waals surface area contributed by atoms with Gasteiger partial charge in [0.2, 0.25) is 0 Å². The summed E-state index contributed by atoms with van der Waals surface area (Å²) in [5.41, 5.74) is 1.56. The van der Waals surface area contributed by atoms with Gasteiger partial charge < -0.3 is 46.1 Å². The van der Waals surface area contributed by atoms with Gasteiger partial charge in [0.05, 0.1) is 11.1 Å². The first-order valence-corrected chi connectivity index (χ1v) is 20.2. The largest absolute Gasteiger partial charge is 1.00 e. The summed E-state index contributed by atoms with van der Waals surface area (Å²) in [7, 11) is 0. The molecule has 0 bridgehead atoms. The van der Waals surface area contributed by atoms with Crippen LogP contribution in [0.3, 0.4) is 0 Å². The first-order valence-electron chi connectivity index (χ1n) is 19.4. The van der Waals surface area contributed by atoms with Gasteiger partial charge in [-0.15, -0.1) is 12.4 Å². The van der Waals surface area contributed by atoms with Crippen molar-refractivity contribution in [2.24, 2.45) is 5.73 Å². The van der Waals surface area contributed by atoms with E-state index in [1.807, 2.05) is 20.8 Å². The molecule has 15 nitrogen and oxygen atoms in total. The van der Waals surface area contributed by atoms with Crippen molar-refractivity contribution in [2.45, 2.75) is 150 Å². The maximum absolute atomic E-state index is 13.6. The summed E-state index contributed by atoms with van der Waals surface area (Å²) in [6.07, 6.45) is 0. The molecule has 0 atom stereocenters. The van der Waals surface area contributed by atoms with Crippen LogP contribution in [0, 0.1) is 40.1 Å². The molecule has 0 aromatic heterocycles. The number of nitrogens with two attached hydrogens (primary N) is 1. The number of phenolic OH excluding ortho intramolecular Hbond substituents is 1. The minimum atomic E-state index is -1.26. The maximum atomic E-state index is 13.6.